The second-order valence-corrected chi connectivity index (χ2v) is 4.52. The maximum absolute atomic E-state index is 11.3. The van der Waals surface area contributed by atoms with Gasteiger partial charge in [0.15, 0.2) is 0 Å². The van der Waals surface area contributed by atoms with Gasteiger partial charge in [-0.3, -0.25) is 4.79 Å². The Balaban J connectivity index is 2.30. The van der Waals surface area contributed by atoms with E-state index in [1.807, 2.05) is 0 Å². The quantitative estimate of drug-likeness (QED) is 0.782. The molecule has 0 spiro atoms. The summed E-state index contributed by atoms with van der Waals surface area (Å²) in [5.41, 5.74) is -0.390. The average Bonchev–Trinajstić information content (AvgIpc) is 2.72. The molecule has 1 aromatic rings. The summed E-state index contributed by atoms with van der Waals surface area (Å²) < 4.78 is 3.71. The molecule has 0 aliphatic heterocycles. The number of carboxylic acids is 1. The van der Waals surface area contributed by atoms with Gasteiger partial charge < -0.3 is 10.2 Å². The number of nitrogens with zero attached hydrogens (tertiary/aromatic N) is 2. The Kier molecular flexibility index (Phi) is 2.70. The van der Waals surface area contributed by atoms with Crippen LogP contribution in [0.15, 0.2) is 5.38 Å². The summed E-state index contributed by atoms with van der Waals surface area (Å²) in [4.78, 5) is 11.3. The molecule has 0 saturated heterocycles. The first-order valence-corrected chi connectivity index (χ1v) is 5.68. The summed E-state index contributed by atoms with van der Waals surface area (Å²) in [6.07, 6.45) is 1.54. The minimum Gasteiger partial charge on any atom is -0.481 e. The molecular weight excluding hydrogens is 216 g/mol. The molecule has 1 aliphatic rings. The van der Waals surface area contributed by atoms with E-state index in [2.05, 4.69) is 9.59 Å². The van der Waals surface area contributed by atoms with Crippen molar-refractivity contribution in [3.05, 3.63) is 11.1 Å². The molecule has 0 unspecified atom stereocenters. The lowest BCUT2D eigenvalue weighted by molar-refractivity contribution is -0.146. The van der Waals surface area contributed by atoms with Gasteiger partial charge in [-0.05, 0) is 37.2 Å². The van der Waals surface area contributed by atoms with Gasteiger partial charge in [0.25, 0.3) is 0 Å². The first-order valence-electron chi connectivity index (χ1n) is 4.84. The highest BCUT2D eigenvalue weighted by Gasteiger charge is 2.45. The molecule has 1 fully saturated rings. The summed E-state index contributed by atoms with van der Waals surface area (Å²) in [5, 5.41) is 24.2. The van der Waals surface area contributed by atoms with Crippen LogP contribution in [0.3, 0.4) is 0 Å². The number of carbonyl (C=O) groups is 1. The lowest BCUT2D eigenvalue weighted by atomic mass is 9.71. The molecule has 0 bridgehead atoms. The molecule has 1 heterocycles. The van der Waals surface area contributed by atoms with Crippen molar-refractivity contribution in [2.75, 3.05) is 0 Å². The third-order valence-electron chi connectivity index (χ3n) is 3.07. The van der Waals surface area contributed by atoms with Gasteiger partial charge in [0.05, 0.1) is 11.8 Å². The molecule has 1 aromatic heterocycles. The SMILES string of the molecule is O=C(O)C1(c2csnn2)CCC(O)CC1. The van der Waals surface area contributed by atoms with E-state index in [9.17, 15) is 15.0 Å². The van der Waals surface area contributed by atoms with Gasteiger partial charge in [0.2, 0.25) is 0 Å². The average molecular weight is 228 g/mol. The van der Waals surface area contributed by atoms with Crippen LogP contribution in [0.25, 0.3) is 0 Å². The van der Waals surface area contributed by atoms with Crippen LogP contribution in [0.5, 0.6) is 0 Å². The first kappa shape index (κ1) is 10.5. The number of carboxylic acid groups (broad SMARTS) is 1. The maximum atomic E-state index is 11.3. The van der Waals surface area contributed by atoms with Crippen molar-refractivity contribution in [1.29, 1.82) is 0 Å². The van der Waals surface area contributed by atoms with Crippen molar-refractivity contribution in [2.24, 2.45) is 0 Å². The van der Waals surface area contributed by atoms with E-state index in [1.165, 1.54) is 0 Å². The van der Waals surface area contributed by atoms with Crippen LogP contribution in [0.1, 0.15) is 31.4 Å². The molecule has 0 atom stereocenters. The van der Waals surface area contributed by atoms with E-state index in [1.54, 1.807) is 5.38 Å². The van der Waals surface area contributed by atoms with Crippen molar-refractivity contribution in [3.8, 4) is 0 Å². The van der Waals surface area contributed by atoms with Crippen LogP contribution in [0.4, 0.5) is 0 Å². The minimum absolute atomic E-state index is 0.371. The van der Waals surface area contributed by atoms with Crippen LogP contribution >= 0.6 is 11.5 Å². The molecule has 15 heavy (non-hydrogen) atoms. The predicted molar refractivity (Wildman–Crippen MR) is 53.7 cm³/mol. The van der Waals surface area contributed by atoms with Crippen LogP contribution in [0, 0.1) is 0 Å². The summed E-state index contributed by atoms with van der Waals surface area (Å²) in [6, 6.07) is 0. The number of hydrogen-bond donors (Lipinski definition) is 2. The molecule has 5 nitrogen and oxygen atoms in total. The highest BCUT2D eigenvalue weighted by molar-refractivity contribution is 7.03. The maximum Gasteiger partial charge on any atom is 0.315 e. The van der Waals surface area contributed by atoms with E-state index in [4.69, 9.17) is 0 Å². The Morgan fingerprint density at radius 2 is 2.20 bits per heavy atom. The molecule has 0 radical (unpaired) electrons. The zero-order valence-corrected chi connectivity index (χ0v) is 8.90. The number of aliphatic hydroxyl groups is 1. The van der Waals surface area contributed by atoms with E-state index in [-0.39, 0.29) is 6.10 Å². The van der Waals surface area contributed by atoms with Crippen LogP contribution < -0.4 is 0 Å². The lowest BCUT2D eigenvalue weighted by Crippen LogP contribution is -2.41. The van der Waals surface area contributed by atoms with Crippen molar-refractivity contribution in [3.63, 3.8) is 0 Å². The fourth-order valence-electron chi connectivity index (χ4n) is 2.05. The van der Waals surface area contributed by atoms with Gasteiger partial charge in [-0.15, -0.1) is 5.10 Å². The third kappa shape index (κ3) is 1.74. The fraction of sp³-hybridized carbons (Fsp3) is 0.667. The summed E-state index contributed by atoms with van der Waals surface area (Å²) in [6.45, 7) is 0. The highest BCUT2D eigenvalue weighted by Crippen LogP contribution is 2.39. The molecule has 0 amide bonds. The zero-order valence-electron chi connectivity index (χ0n) is 8.09. The van der Waals surface area contributed by atoms with Gasteiger partial charge in [0, 0.05) is 5.38 Å². The Bertz CT molecular complexity index is 344. The van der Waals surface area contributed by atoms with Gasteiger partial charge >= 0.3 is 5.97 Å². The van der Waals surface area contributed by atoms with Gasteiger partial charge in [-0.1, -0.05) is 4.49 Å². The fourth-order valence-corrected chi connectivity index (χ4v) is 2.60. The molecule has 82 valence electrons. The molecule has 1 aliphatic carbocycles. The highest BCUT2D eigenvalue weighted by atomic mass is 32.1. The second kappa shape index (κ2) is 3.86. The number of aromatic nitrogens is 2. The van der Waals surface area contributed by atoms with E-state index < -0.39 is 11.4 Å². The third-order valence-corrected chi connectivity index (χ3v) is 3.57. The largest absolute Gasteiger partial charge is 0.481 e. The monoisotopic (exact) mass is 228 g/mol. The van der Waals surface area contributed by atoms with Crippen molar-refractivity contribution >= 4 is 17.5 Å². The smallest absolute Gasteiger partial charge is 0.315 e. The van der Waals surface area contributed by atoms with Crippen LogP contribution in [0.2, 0.25) is 0 Å². The van der Waals surface area contributed by atoms with Crippen molar-refractivity contribution < 1.29 is 15.0 Å². The Labute approximate surface area is 90.9 Å². The number of aliphatic hydroxyl groups excluding tert-OH is 1. The van der Waals surface area contributed by atoms with Gasteiger partial charge in [0.1, 0.15) is 5.41 Å². The van der Waals surface area contributed by atoms with Gasteiger partial charge in [-0.2, -0.15) is 0 Å². The molecule has 6 heteroatoms. The van der Waals surface area contributed by atoms with E-state index in [0.717, 1.165) is 11.5 Å². The Morgan fingerprint density at radius 1 is 1.53 bits per heavy atom. The number of aliphatic carboxylic acids is 1. The van der Waals surface area contributed by atoms with E-state index in [0.29, 0.717) is 31.4 Å². The van der Waals surface area contributed by atoms with Crippen LogP contribution in [-0.2, 0) is 10.2 Å². The predicted octanol–water partition coefficient (Wildman–Crippen LogP) is 0.795. The first-order chi connectivity index (χ1) is 7.15. The minimum atomic E-state index is -0.924. The Morgan fingerprint density at radius 3 is 2.67 bits per heavy atom. The van der Waals surface area contributed by atoms with Crippen molar-refractivity contribution in [1.82, 2.24) is 9.59 Å². The number of hydrogen-bond acceptors (Lipinski definition) is 5. The van der Waals surface area contributed by atoms with E-state index >= 15 is 0 Å². The second-order valence-electron chi connectivity index (χ2n) is 3.91. The standard InChI is InChI=1S/C9H12N2O3S/c12-6-1-3-9(4-2-6,8(13)14)7-5-15-11-10-7/h5-6,12H,1-4H2,(H,13,14). The number of rotatable bonds is 2. The molecular formula is C9H12N2O3S. The molecule has 1 saturated carbocycles. The Hall–Kier alpha value is -1.01. The molecule has 0 aromatic carbocycles. The zero-order chi connectivity index (χ0) is 10.9. The summed E-state index contributed by atoms with van der Waals surface area (Å²) in [5.74, 6) is -0.859. The normalized spacial score (nSPS) is 31.4. The summed E-state index contributed by atoms with van der Waals surface area (Å²) >= 11 is 1.16. The van der Waals surface area contributed by atoms with Crippen molar-refractivity contribution in [2.45, 2.75) is 37.2 Å². The molecule has 2 rings (SSSR count). The molecule has 2 N–H and O–H groups in total. The van der Waals surface area contributed by atoms with Crippen LogP contribution in [-0.4, -0.2) is 31.9 Å². The lowest BCUT2D eigenvalue weighted by Gasteiger charge is -2.33. The van der Waals surface area contributed by atoms with Gasteiger partial charge in [-0.25, -0.2) is 0 Å². The summed E-state index contributed by atoms with van der Waals surface area (Å²) in [7, 11) is 0. The topological polar surface area (TPSA) is 83.3 Å².